The molecule has 1 unspecified atom stereocenters. The molecule has 1 heterocycles. The molecule has 18 heavy (non-hydrogen) atoms. The summed E-state index contributed by atoms with van der Waals surface area (Å²) in [6.07, 6.45) is 1.62. The van der Waals surface area contributed by atoms with Crippen molar-refractivity contribution in [3.8, 4) is 0 Å². The molecule has 0 aromatic heterocycles. The highest BCUT2D eigenvalue weighted by Gasteiger charge is 2.26. The Morgan fingerprint density at radius 1 is 1.44 bits per heavy atom. The third-order valence-corrected chi connectivity index (χ3v) is 4.83. The Morgan fingerprint density at radius 3 is 2.83 bits per heavy atom. The maximum atomic E-state index is 13.6. The second-order valence-electron chi connectivity index (χ2n) is 4.22. The number of benzene rings is 1. The van der Waals surface area contributed by atoms with Gasteiger partial charge in [0.15, 0.2) is 0 Å². The highest BCUT2D eigenvalue weighted by molar-refractivity contribution is 7.89. The molecule has 0 amide bonds. The topological polar surface area (TPSA) is 58.2 Å². The van der Waals surface area contributed by atoms with Crippen molar-refractivity contribution in [3.05, 3.63) is 29.0 Å². The fraction of sp³-hybridized carbons (Fsp3) is 0.455. The Hall–Kier alpha value is -0.690. The van der Waals surface area contributed by atoms with E-state index < -0.39 is 20.7 Å². The zero-order valence-electron chi connectivity index (χ0n) is 9.62. The molecule has 1 aliphatic rings. The van der Waals surface area contributed by atoms with Crippen LogP contribution < -0.4 is 10.0 Å². The number of rotatable bonds is 3. The van der Waals surface area contributed by atoms with Crippen LogP contribution in [0.25, 0.3) is 0 Å². The molecule has 0 radical (unpaired) electrons. The van der Waals surface area contributed by atoms with Gasteiger partial charge in [-0.25, -0.2) is 17.5 Å². The molecule has 1 atom stereocenters. The van der Waals surface area contributed by atoms with Gasteiger partial charge in [-0.2, -0.15) is 0 Å². The highest BCUT2D eigenvalue weighted by atomic mass is 35.5. The first-order valence-electron chi connectivity index (χ1n) is 5.68. The molecule has 100 valence electrons. The predicted octanol–water partition coefficient (Wildman–Crippen LogP) is 1.51. The Morgan fingerprint density at radius 2 is 2.22 bits per heavy atom. The van der Waals surface area contributed by atoms with Crippen LogP contribution in [0, 0.1) is 5.82 Å². The summed E-state index contributed by atoms with van der Waals surface area (Å²) in [5, 5.41) is 2.98. The van der Waals surface area contributed by atoms with Crippen molar-refractivity contribution in [1.82, 2.24) is 10.0 Å². The third-order valence-electron chi connectivity index (χ3n) is 2.81. The number of hydrogen-bond acceptors (Lipinski definition) is 3. The van der Waals surface area contributed by atoms with E-state index in [1.165, 1.54) is 12.1 Å². The van der Waals surface area contributed by atoms with Gasteiger partial charge >= 0.3 is 0 Å². The Labute approximate surface area is 111 Å². The van der Waals surface area contributed by atoms with E-state index in [4.69, 9.17) is 11.6 Å². The van der Waals surface area contributed by atoms with Crippen LogP contribution in [0.2, 0.25) is 5.02 Å². The lowest BCUT2D eigenvalue weighted by molar-refractivity contribution is 0.427. The molecule has 2 N–H and O–H groups in total. The first-order chi connectivity index (χ1) is 8.50. The molecule has 2 rings (SSSR count). The first-order valence-corrected chi connectivity index (χ1v) is 7.54. The molecule has 1 aromatic rings. The summed E-state index contributed by atoms with van der Waals surface area (Å²) in [4.78, 5) is -0.475. The van der Waals surface area contributed by atoms with Gasteiger partial charge in [-0.05, 0) is 31.5 Å². The van der Waals surface area contributed by atoms with Crippen molar-refractivity contribution in [2.24, 2.45) is 0 Å². The monoisotopic (exact) mass is 292 g/mol. The van der Waals surface area contributed by atoms with Crippen molar-refractivity contribution in [1.29, 1.82) is 0 Å². The lowest BCUT2D eigenvalue weighted by Gasteiger charge is -2.23. The quantitative estimate of drug-likeness (QED) is 0.888. The molecule has 1 saturated heterocycles. The Bertz CT molecular complexity index is 510. The number of nitrogens with one attached hydrogen (secondary N) is 2. The van der Waals surface area contributed by atoms with Crippen LogP contribution in [-0.4, -0.2) is 27.5 Å². The summed E-state index contributed by atoms with van der Waals surface area (Å²) in [6.45, 7) is 1.42. The fourth-order valence-electron chi connectivity index (χ4n) is 1.97. The lowest BCUT2D eigenvalue weighted by atomic mass is 10.1. The van der Waals surface area contributed by atoms with Gasteiger partial charge < -0.3 is 5.32 Å². The highest BCUT2D eigenvalue weighted by Crippen LogP contribution is 2.24. The van der Waals surface area contributed by atoms with E-state index in [2.05, 4.69) is 10.0 Å². The van der Waals surface area contributed by atoms with Crippen molar-refractivity contribution >= 4 is 21.6 Å². The maximum absolute atomic E-state index is 13.6. The third kappa shape index (κ3) is 3.00. The van der Waals surface area contributed by atoms with Gasteiger partial charge in [-0.3, -0.25) is 0 Å². The first kappa shape index (κ1) is 13.7. The standard InChI is InChI=1S/C11H14ClFN2O2S/c12-9-4-1-5-10(13)11(9)18(16,17)15-8-3-2-6-14-7-8/h1,4-5,8,14-15H,2-3,6-7H2. The largest absolute Gasteiger partial charge is 0.315 e. The van der Waals surface area contributed by atoms with E-state index in [1.807, 2.05) is 0 Å². The predicted molar refractivity (Wildman–Crippen MR) is 67.6 cm³/mol. The molecule has 0 spiro atoms. The van der Waals surface area contributed by atoms with Crippen molar-refractivity contribution in [2.45, 2.75) is 23.8 Å². The number of piperidine rings is 1. The minimum absolute atomic E-state index is 0.105. The minimum atomic E-state index is -3.92. The average Bonchev–Trinajstić information content (AvgIpc) is 2.28. The SMILES string of the molecule is O=S(=O)(NC1CCCNC1)c1c(F)cccc1Cl. The summed E-state index contributed by atoms with van der Waals surface area (Å²) in [5.41, 5.74) is 0. The lowest BCUT2D eigenvalue weighted by Crippen LogP contribution is -2.45. The second kappa shape index (κ2) is 5.52. The zero-order chi connectivity index (χ0) is 13.2. The molecular formula is C11H14ClFN2O2S. The van der Waals surface area contributed by atoms with Gasteiger partial charge in [0, 0.05) is 12.6 Å². The smallest absolute Gasteiger partial charge is 0.245 e. The molecular weight excluding hydrogens is 279 g/mol. The van der Waals surface area contributed by atoms with Gasteiger partial charge in [0.2, 0.25) is 10.0 Å². The van der Waals surface area contributed by atoms with Crippen LogP contribution >= 0.6 is 11.6 Å². The van der Waals surface area contributed by atoms with Gasteiger partial charge in [-0.1, -0.05) is 17.7 Å². The molecule has 1 fully saturated rings. The van der Waals surface area contributed by atoms with E-state index in [1.54, 1.807) is 0 Å². The van der Waals surface area contributed by atoms with Gasteiger partial charge in [0.05, 0.1) is 5.02 Å². The molecule has 7 heteroatoms. The Kier molecular flexibility index (Phi) is 4.21. The summed E-state index contributed by atoms with van der Waals surface area (Å²) in [7, 11) is -3.92. The van der Waals surface area contributed by atoms with Crippen molar-refractivity contribution in [2.75, 3.05) is 13.1 Å². The molecule has 1 aromatic carbocycles. The molecule has 4 nitrogen and oxygen atoms in total. The molecule has 0 saturated carbocycles. The van der Waals surface area contributed by atoms with Crippen LogP contribution in [-0.2, 0) is 10.0 Å². The molecule has 0 aliphatic carbocycles. The van der Waals surface area contributed by atoms with Crippen LogP contribution in [0.15, 0.2) is 23.1 Å². The van der Waals surface area contributed by atoms with Crippen LogP contribution in [0.5, 0.6) is 0 Å². The van der Waals surface area contributed by atoms with Crippen LogP contribution in [0.3, 0.4) is 0 Å². The minimum Gasteiger partial charge on any atom is -0.315 e. The van der Waals surface area contributed by atoms with E-state index in [0.29, 0.717) is 6.54 Å². The van der Waals surface area contributed by atoms with E-state index in [0.717, 1.165) is 25.5 Å². The van der Waals surface area contributed by atoms with Gasteiger partial charge in [0.25, 0.3) is 0 Å². The van der Waals surface area contributed by atoms with Crippen molar-refractivity contribution in [3.63, 3.8) is 0 Å². The summed E-state index contributed by atoms with van der Waals surface area (Å²) >= 11 is 5.76. The summed E-state index contributed by atoms with van der Waals surface area (Å²) < 4.78 is 40.2. The van der Waals surface area contributed by atoms with Gasteiger partial charge in [0.1, 0.15) is 10.7 Å². The average molecular weight is 293 g/mol. The number of halogens is 2. The van der Waals surface area contributed by atoms with E-state index >= 15 is 0 Å². The zero-order valence-corrected chi connectivity index (χ0v) is 11.2. The number of hydrogen-bond donors (Lipinski definition) is 2. The fourth-order valence-corrected chi connectivity index (χ4v) is 3.85. The van der Waals surface area contributed by atoms with Gasteiger partial charge in [-0.15, -0.1) is 0 Å². The maximum Gasteiger partial charge on any atom is 0.245 e. The van der Waals surface area contributed by atoms with E-state index in [9.17, 15) is 12.8 Å². The van der Waals surface area contributed by atoms with E-state index in [-0.39, 0.29) is 11.1 Å². The van der Waals surface area contributed by atoms with Crippen LogP contribution in [0.4, 0.5) is 4.39 Å². The summed E-state index contributed by atoms with van der Waals surface area (Å²) in [5.74, 6) is -0.834. The van der Waals surface area contributed by atoms with Crippen molar-refractivity contribution < 1.29 is 12.8 Å². The second-order valence-corrected chi connectivity index (χ2v) is 6.27. The molecule has 1 aliphatic heterocycles. The Balaban J connectivity index is 2.25. The normalized spacial score (nSPS) is 20.9. The number of sulfonamides is 1. The summed E-state index contributed by atoms with van der Waals surface area (Å²) in [6, 6.07) is 3.59. The molecule has 0 bridgehead atoms. The van der Waals surface area contributed by atoms with Crippen LogP contribution in [0.1, 0.15) is 12.8 Å².